The van der Waals surface area contributed by atoms with Crippen LogP contribution in [0, 0.1) is 0 Å². The molecule has 0 bridgehead atoms. The van der Waals surface area contributed by atoms with Gasteiger partial charge in [-0.15, -0.1) is 11.3 Å². The molecule has 2 heterocycles. The zero-order valence-corrected chi connectivity index (χ0v) is 15.5. The summed E-state index contributed by atoms with van der Waals surface area (Å²) in [4.78, 5) is 21.4. The van der Waals surface area contributed by atoms with Crippen LogP contribution in [-0.2, 0) is 10.2 Å². The van der Waals surface area contributed by atoms with Crippen molar-refractivity contribution >= 4 is 27.5 Å². The van der Waals surface area contributed by atoms with Crippen LogP contribution in [0.4, 0.5) is 0 Å². The molecule has 3 aromatic rings. The normalized spacial score (nSPS) is 11.7. The number of ether oxygens (including phenoxy) is 1. The number of rotatable bonds is 3. The van der Waals surface area contributed by atoms with E-state index in [9.17, 15) is 9.90 Å². The van der Waals surface area contributed by atoms with Gasteiger partial charge in [-0.25, -0.2) is 14.8 Å². The van der Waals surface area contributed by atoms with Crippen LogP contribution in [0.2, 0.25) is 0 Å². The Morgan fingerprint density at radius 2 is 1.88 bits per heavy atom. The number of carbonyl (C=O) groups excluding carboxylic acids is 1. The third kappa shape index (κ3) is 3.22. The standard InChI is InChI=1S/C19H20N2O3S/c1-5-24-17(23)14-15(22)16-13(21-18(25-16)19(2,3)4)12(20-14)11-9-7-6-8-10-11/h6-10,22H,5H2,1-4H3. The Morgan fingerprint density at radius 3 is 2.48 bits per heavy atom. The molecule has 0 aliphatic heterocycles. The number of benzene rings is 1. The van der Waals surface area contributed by atoms with Crippen molar-refractivity contribution in [1.82, 2.24) is 9.97 Å². The molecule has 1 aromatic carbocycles. The molecule has 0 radical (unpaired) electrons. The molecule has 2 aromatic heterocycles. The minimum atomic E-state index is -0.634. The van der Waals surface area contributed by atoms with Crippen molar-refractivity contribution < 1.29 is 14.6 Å². The van der Waals surface area contributed by atoms with Crippen LogP contribution in [-0.4, -0.2) is 27.7 Å². The van der Waals surface area contributed by atoms with E-state index in [2.05, 4.69) is 25.8 Å². The molecule has 0 aliphatic rings. The Bertz CT molecular complexity index is 927. The molecular weight excluding hydrogens is 336 g/mol. The molecule has 0 spiro atoms. The Morgan fingerprint density at radius 1 is 1.20 bits per heavy atom. The summed E-state index contributed by atoms with van der Waals surface area (Å²) in [6.07, 6.45) is 0. The predicted octanol–water partition coefficient (Wildman–Crippen LogP) is 4.54. The number of nitrogens with zero attached hydrogens (tertiary/aromatic N) is 2. The third-order valence-corrected chi connectivity index (χ3v) is 5.16. The molecule has 0 atom stereocenters. The van der Waals surface area contributed by atoms with Crippen LogP contribution in [0.15, 0.2) is 30.3 Å². The van der Waals surface area contributed by atoms with Crippen molar-refractivity contribution in [3.05, 3.63) is 41.0 Å². The van der Waals surface area contributed by atoms with Gasteiger partial charge in [0.1, 0.15) is 10.2 Å². The van der Waals surface area contributed by atoms with Crippen LogP contribution in [0.3, 0.4) is 0 Å². The Labute approximate surface area is 150 Å². The van der Waals surface area contributed by atoms with E-state index in [0.29, 0.717) is 15.9 Å². The summed E-state index contributed by atoms with van der Waals surface area (Å²) in [7, 11) is 0. The number of pyridine rings is 1. The quantitative estimate of drug-likeness (QED) is 0.698. The van der Waals surface area contributed by atoms with Crippen molar-refractivity contribution in [2.45, 2.75) is 33.1 Å². The van der Waals surface area contributed by atoms with Gasteiger partial charge in [0.15, 0.2) is 11.4 Å². The molecule has 0 saturated heterocycles. The van der Waals surface area contributed by atoms with Gasteiger partial charge in [0.2, 0.25) is 0 Å². The predicted molar refractivity (Wildman–Crippen MR) is 99.2 cm³/mol. The van der Waals surface area contributed by atoms with Crippen molar-refractivity contribution in [3.8, 4) is 17.0 Å². The molecular formula is C19H20N2O3S. The van der Waals surface area contributed by atoms with Crippen molar-refractivity contribution in [2.75, 3.05) is 6.61 Å². The second-order valence-electron chi connectivity index (χ2n) is 6.69. The van der Waals surface area contributed by atoms with Crippen LogP contribution in [0.1, 0.15) is 43.2 Å². The van der Waals surface area contributed by atoms with Gasteiger partial charge in [0.25, 0.3) is 0 Å². The second-order valence-corrected chi connectivity index (χ2v) is 7.69. The highest BCUT2D eigenvalue weighted by Gasteiger charge is 2.27. The van der Waals surface area contributed by atoms with E-state index in [4.69, 9.17) is 9.72 Å². The van der Waals surface area contributed by atoms with Crippen molar-refractivity contribution in [2.24, 2.45) is 0 Å². The lowest BCUT2D eigenvalue weighted by Gasteiger charge is -2.13. The van der Waals surface area contributed by atoms with Crippen molar-refractivity contribution in [3.63, 3.8) is 0 Å². The minimum absolute atomic E-state index is 0.0719. The monoisotopic (exact) mass is 356 g/mol. The number of aromatic nitrogens is 2. The zero-order chi connectivity index (χ0) is 18.2. The van der Waals surface area contributed by atoms with Gasteiger partial charge >= 0.3 is 5.97 Å². The average Bonchev–Trinajstić information content (AvgIpc) is 3.02. The molecule has 0 amide bonds. The van der Waals surface area contributed by atoms with Gasteiger partial charge in [-0.1, -0.05) is 51.1 Å². The molecule has 1 N–H and O–H groups in total. The topological polar surface area (TPSA) is 72.3 Å². The molecule has 6 heteroatoms. The van der Waals surface area contributed by atoms with E-state index in [0.717, 1.165) is 10.6 Å². The van der Waals surface area contributed by atoms with Gasteiger partial charge < -0.3 is 9.84 Å². The van der Waals surface area contributed by atoms with Crippen LogP contribution < -0.4 is 0 Å². The van der Waals surface area contributed by atoms with E-state index < -0.39 is 5.97 Å². The maximum atomic E-state index is 12.2. The van der Waals surface area contributed by atoms with E-state index in [1.54, 1.807) is 6.92 Å². The van der Waals surface area contributed by atoms with Crippen molar-refractivity contribution in [1.29, 1.82) is 0 Å². The van der Waals surface area contributed by atoms with E-state index in [1.165, 1.54) is 11.3 Å². The summed E-state index contributed by atoms with van der Waals surface area (Å²) in [5, 5.41) is 11.5. The Hall–Kier alpha value is -2.47. The maximum absolute atomic E-state index is 12.2. The van der Waals surface area contributed by atoms with Crippen LogP contribution in [0.5, 0.6) is 5.75 Å². The highest BCUT2D eigenvalue weighted by molar-refractivity contribution is 7.19. The largest absolute Gasteiger partial charge is 0.504 e. The highest BCUT2D eigenvalue weighted by atomic mass is 32.1. The lowest BCUT2D eigenvalue weighted by molar-refractivity contribution is 0.0516. The summed E-state index contributed by atoms with van der Waals surface area (Å²) in [6.45, 7) is 8.11. The summed E-state index contributed by atoms with van der Waals surface area (Å²) in [6, 6.07) is 9.52. The summed E-state index contributed by atoms with van der Waals surface area (Å²) in [5.41, 5.74) is 1.77. The van der Waals surface area contributed by atoms with Gasteiger partial charge in [-0.3, -0.25) is 0 Å². The first-order chi connectivity index (χ1) is 11.8. The van der Waals surface area contributed by atoms with Gasteiger partial charge in [-0.2, -0.15) is 0 Å². The molecule has 25 heavy (non-hydrogen) atoms. The summed E-state index contributed by atoms with van der Waals surface area (Å²) >= 11 is 1.38. The lowest BCUT2D eigenvalue weighted by Crippen LogP contribution is -2.10. The number of hydrogen-bond acceptors (Lipinski definition) is 6. The van der Waals surface area contributed by atoms with E-state index in [-0.39, 0.29) is 23.5 Å². The fraction of sp³-hybridized carbons (Fsp3) is 0.316. The smallest absolute Gasteiger partial charge is 0.360 e. The molecule has 130 valence electrons. The first-order valence-corrected chi connectivity index (χ1v) is 8.91. The summed E-state index contributed by atoms with van der Waals surface area (Å²) in [5.74, 6) is -0.800. The van der Waals surface area contributed by atoms with E-state index in [1.807, 2.05) is 30.3 Å². The number of thiazole rings is 1. The minimum Gasteiger partial charge on any atom is -0.504 e. The molecule has 0 saturated carbocycles. The maximum Gasteiger partial charge on any atom is 0.360 e. The Kier molecular flexibility index (Phi) is 4.47. The first kappa shape index (κ1) is 17.4. The number of esters is 1. The fourth-order valence-electron chi connectivity index (χ4n) is 2.43. The fourth-order valence-corrected chi connectivity index (χ4v) is 3.50. The number of aromatic hydroxyl groups is 1. The lowest BCUT2D eigenvalue weighted by atomic mass is 9.98. The Balaban J connectivity index is 2.33. The molecule has 0 fully saturated rings. The van der Waals surface area contributed by atoms with Crippen LogP contribution >= 0.6 is 11.3 Å². The molecule has 5 nitrogen and oxygen atoms in total. The highest BCUT2D eigenvalue weighted by Crippen LogP contribution is 2.41. The first-order valence-electron chi connectivity index (χ1n) is 8.09. The van der Waals surface area contributed by atoms with E-state index >= 15 is 0 Å². The molecule has 0 aliphatic carbocycles. The van der Waals surface area contributed by atoms with Crippen LogP contribution in [0.25, 0.3) is 21.5 Å². The summed E-state index contributed by atoms with van der Waals surface area (Å²) < 4.78 is 5.60. The molecule has 0 unspecified atom stereocenters. The van der Waals surface area contributed by atoms with Gasteiger partial charge in [0, 0.05) is 11.0 Å². The number of carbonyl (C=O) groups is 1. The second kappa shape index (κ2) is 6.44. The number of hydrogen-bond donors (Lipinski definition) is 1. The SMILES string of the molecule is CCOC(=O)c1nc(-c2ccccc2)c2nc(C(C)(C)C)sc2c1O. The van der Waals surface area contributed by atoms with Gasteiger partial charge in [0.05, 0.1) is 17.3 Å². The third-order valence-electron chi connectivity index (χ3n) is 3.67. The number of fused-ring (bicyclic) bond motifs is 1. The molecule has 3 rings (SSSR count). The van der Waals surface area contributed by atoms with Gasteiger partial charge in [-0.05, 0) is 6.92 Å². The average molecular weight is 356 g/mol. The zero-order valence-electron chi connectivity index (χ0n) is 14.7.